The molecule has 0 aromatic heterocycles. The SMILES string of the molecule is CCN1CCC(Cc2ccccc2)OCC1=O. The Morgan fingerprint density at radius 2 is 2.12 bits per heavy atom. The van der Waals surface area contributed by atoms with Gasteiger partial charge in [0.2, 0.25) is 5.91 Å². The molecule has 2 rings (SSSR count). The van der Waals surface area contributed by atoms with Crippen molar-refractivity contribution in [3.63, 3.8) is 0 Å². The van der Waals surface area contributed by atoms with Gasteiger partial charge in [0.1, 0.15) is 6.61 Å². The number of hydrogen-bond donors (Lipinski definition) is 0. The van der Waals surface area contributed by atoms with Crippen LogP contribution in [0.4, 0.5) is 0 Å². The van der Waals surface area contributed by atoms with Crippen LogP contribution >= 0.6 is 0 Å². The second kappa shape index (κ2) is 5.82. The Morgan fingerprint density at radius 1 is 1.35 bits per heavy atom. The van der Waals surface area contributed by atoms with Crippen LogP contribution in [0, 0.1) is 0 Å². The van der Waals surface area contributed by atoms with E-state index in [2.05, 4.69) is 12.1 Å². The molecule has 0 aliphatic carbocycles. The lowest BCUT2D eigenvalue weighted by Crippen LogP contribution is -2.32. The average molecular weight is 233 g/mol. The minimum atomic E-state index is 0.114. The average Bonchev–Trinajstić information content (AvgIpc) is 2.53. The number of ether oxygens (including phenoxy) is 1. The molecule has 3 nitrogen and oxygen atoms in total. The fourth-order valence-electron chi connectivity index (χ4n) is 2.16. The molecule has 0 spiro atoms. The molecule has 0 bridgehead atoms. The van der Waals surface area contributed by atoms with Gasteiger partial charge >= 0.3 is 0 Å². The van der Waals surface area contributed by atoms with Crippen LogP contribution in [-0.2, 0) is 16.0 Å². The zero-order valence-corrected chi connectivity index (χ0v) is 10.3. The standard InChI is InChI=1S/C14H19NO2/c1-2-15-9-8-13(17-11-14(15)16)10-12-6-4-3-5-7-12/h3-7,13H,2,8-11H2,1H3. The van der Waals surface area contributed by atoms with Gasteiger partial charge in [-0.2, -0.15) is 0 Å². The van der Waals surface area contributed by atoms with E-state index in [1.807, 2.05) is 30.0 Å². The molecular weight excluding hydrogens is 214 g/mol. The first-order valence-electron chi connectivity index (χ1n) is 6.23. The van der Waals surface area contributed by atoms with Crippen LogP contribution in [0.15, 0.2) is 30.3 Å². The molecule has 3 heteroatoms. The second-order valence-electron chi connectivity index (χ2n) is 4.38. The van der Waals surface area contributed by atoms with Crippen LogP contribution in [0.3, 0.4) is 0 Å². The lowest BCUT2D eigenvalue weighted by Gasteiger charge is -2.17. The first kappa shape index (κ1) is 12.1. The lowest BCUT2D eigenvalue weighted by atomic mass is 10.1. The molecular formula is C14H19NO2. The van der Waals surface area contributed by atoms with Gasteiger partial charge in [0, 0.05) is 13.1 Å². The number of carbonyl (C=O) groups is 1. The van der Waals surface area contributed by atoms with Crippen LogP contribution in [-0.4, -0.2) is 36.6 Å². The van der Waals surface area contributed by atoms with Crippen LogP contribution in [0.2, 0.25) is 0 Å². The van der Waals surface area contributed by atoms with Crippen molar-refractivity contribution < 1.29 is 9.53 Å². The minimum Gasteiger partial charge on any atom is -0.368 e. The Morgan fingerprint density at radius 3 is 2.82 bits per heavy atom. The van der Waals surface area contributed by atoms with E-state index in [0.29, 0.717) is 0 Å². The quantitative estimate of drug-likeness (QED) is 0.797. The summed E-state index contributed by atoms with van der Waals surface area (Å²) in [4.78, 5) is 13.5. The van der Waals surface area contributed by atoms with Crippen molar-refractivity contribution in [3.05, 3.63) is 35.9 Å². The minimum absolute atomic E-state index is 0.114. The maximum atomic E-state index is 11.6. The van der Waals surface area contributed by atoms with E-state index in [1.54, 1.807) is 0 Å². The number of amides is 1. The Kier molecular flexibility index (Phi) is 4.15. The summed E-state index contributed by atoms with van der Waals surface area (Å²) in [5.74, 6) is 0.114. The number of benzene rings is 1. The molecule has 1 fully saturated rings. The molecule has 1 saturated heterocycles. The van der Waals surface area contributed by atoms with Gasteiger partial charge in [0.05, 0.1) is 6.10 Å². The van der Waals surface area contributed by atoms with E-state index in [-0.39, 0.29) is 18.6 Å². The summed E-state index contributed by atoms with van der Waals surface area (Å²) >= 11 is 0. The molecule has 1 unspecified atom stereocenters. The molecule has 1 aromatic rings. The van der Waals surface area contributed by atoms with Crippen LogP contribution in [0.5, 0.6) is 0 Å². The number of rotatable bonds is 3. The summed E-state index contributed by atoms with van der Waals surface area (Å²) < 4.78 is 5.66. The normalized spacial score (nSPS) is 21.4. The van der Waals surface area contributed by atoms with Crippen molar-refractivity contribution in [2.75, 3.05) is 19.7 Å². The van der Waals surface area contributed by atoms with Crippen molar-refractivity contribution >= 4 is 5.91 Å². The molecule has 17 heavy (non-hydrogen) atoms. The number of nitrogens with zero attached hydrogens (tertiary/aromatic N) is 1. The number of hydrogen-bond acceptors (Lipinski definition) is 2. The van der Waals surface area contributed by atoms with Gasteiger partial charge in [-0.1, -0.05) is 30.3 Å². The zero-order valence-electron chi connectivity index (χ0n) is 10.3. The highest BCUT2D eigenvalue weighted by Gasteiger charge is 2.21. The highest BCUT2D eigenvalue weighted by Crippen LogP contribution is 2.13. The Labute approximate surface area is 102 Å². The maximum absolute atomic E-state index is 11.6. The van der Waals surface area contributed by atoms with E-state index in [4.69, 9.17) is 4.74 Å². The van der Waals surface area contributed by atoms with Gasteiger partial charge in [0.15, 0.2) is 0 Å². The third kappa shape index (κ3) is 3.30. The van der Waals surface area contributed by atoms with E-state index < -0.39 is 0 Å². The Hall–Kier alpha value is -1.35. The first-order chi connectivity index (χ1) is 8.29. The monoisotopic (exact) mass is 233 g/mol. The number of likely N-dealkylation sites (N-methyl/N-ethyl adjacent to an activating group) is 1. The Bertz CT molecular complexity index is 364. The molecule has 1 aliphatic heterocycles. The third-order valence-corrected chi connectivity index (χ3v) is 3.20. The van der Waals surface area contributed by atoms with Gasteiger partial charge < -0.3 is 9.64 Å². The summed E-state index contributed by atoms with van der Waals surface area (Å²) in [6.45, 7) is 3.83. The van der Waals surface area contributed by atoms with Gasteiger partial charge in [-0.25, -0.2) is 0 Å². The molecule has 92 valence electrons. The van der Waals surface area contributed by atoms with Crippen molar-refractivity contribution in [1.29, 1.82) is 0 Å². The first-order valence-corrected chi connectivity index (χ1v) is 6.23. The van der Waals surface area contributed by atoms with Gasteiger partial charge in [-0.3, -0.25) is 4.79 Å². The highest BCUT2D eigenvalue weighted by atomic mass is 16.5. The Balaban J connectivity index is 1.93. The summed E-state index contributed by atoms with van der Waals surface area (Å²) in [5.41, 5.74) is 1.27. The highest BCUT2D eigenvalue weighted by molar-refractivity contribution is 5.77. The predicted molar refractivity (Wildman–Crippen MR) is 66.8 cm³/mol. The largest absolute Gasteiger partial charge is 0.368 e. The van der Waals surface area contributed by atoms with Crippen molar-refractivity contribution in [1.82, 2.24) is 4.90 Å². The van der Waals surface area contributed by atoms with Crippen LogP contribution < -0.4 is 0 Å². The fourth-order valence-corrected chi connectivity index (χ4v) is 2.16. The molecule has 1 atom stereocenters. The van der Waals surface area contributed by atoms with E-state index in [1.165, 1.54) is 5.56 Å². The summed E-state index contributed by atoms with van der Waals surface area (Å²) in [6.07, 6.45) is 1.98. The molecule has 1 heterocycles. The van der Waals surface area contributed by atoms with Crippen LogP contribution in [0.1, 0.15) is 18.9 Å². The topological polar surface area (TPSA) is 29.5 Å². The van der Waals surface area contributed by atoms with E-state index in [9.17, 15) is 4.79 Å². The van der Waals surface area contributed by atoms with Gasteiger partial charge in [-0.05, 0) is 25.3 Å². The zero-order chi connectivity index (χ0) is 12.1. The molecule has 1 aliphatic rings. The lowest BCUT2D eigenvalue weighted by molar-refractivity contribution is -0.134. The van der Waals surface area contributed by atoms with Gasteiger partial charge in [-0.15, -0.1) is 0 Å². The van der Waals surface area contributed by atoms with E-state index >= 15 is 0 Å². The molecule has 0 N–H and O–H groups in total. The van der Waals surface area contributed by atoms with Gasteiger partial charge in [0.25, 0.3) is 0 Å². The second-order valence-corrected chi connectivity index (χ2v) is 4.38. The predicted octanol–water partition coefficient (Wildman–Crippen LogP) is 1.87. The van der Waals surface area contributed by atoms with Crippen molar-refractivity contribution in [2.24, 2.45) is 0 Å². The summed E-state index contributed by atoms with van der Waals surface area (Å²) in [7, 11) is 0. The third-order valence-electron chi connectivity index (χ3n) is 3.20. The molecule has 0 saturated carbocycles. The summed E-state index contributed by atoms with van der Waals surface area (Å²) in [5, 5.41) is 0. The molecule has 0 radical (unpaired) electrons. The summed E-state index contributed by atoms with van der Waals surface area (Å²) in [6, 6.07) is 10.3. The van der Waals surface area contributed by atoms with Crippen molar-refractivity contribution in [3.8, 4) is 0 Å². The fraction of sp³-hybridized carbons (Fsp3) is 0.500. The number of carbonyl (C=O) groups excluding carboxylic acids is 1. The molecule has 1 amide bonds. The van der Waals surface area contributed by atoms with Crippen LogP contribution in [0.25, 0.3) is 0 Å². The van der Waals surface area contributed by atoms with E-state index in [0.717, 1.165) is 25.9 Å². The van der Waals surface area contributed by atoms with Crippen molar-refractivity contribution in [2.45, 2.75) is 25.9 Å². The molecule has 1 aromatic carbocycles. The smallest absolute Gasteiger partial charge is 0.248 e. The maximum Gasteiger partial charge on any atom is 0.248 e.